The molecule has 0 aliphatic rings. The molecule has 0 heterocycles. The summed E-state index contributed by atoms with van der Waals surface area (Å²) in [5.74, 6) is -0.827. The SMILES string of the molecule is CC(CCNC(=O)CCc1ccc(F)cc1)CCC(=O)O. The number of aliphatic carboxylic acids is 1. The van der Waals surface area contributed by atoms with Gasteiger partial charge in [-0.2, -0.15) is 0 Å². The molecule has 1 amide bonds. The Balaban J connectivity index is 2.13. The summed E-state index contributed by atoms with van der Waals surface area (Å²) in [7, 11) is 0. The lowest BCUT2D eigenvalue weighted by Gasteiger charge is -2.10. The van der Waals surface area contributed by atoms with Crippen molar-refractivity contribution in [2.45, 2.75) is 39.0 Å². The highest BCUT2D eigenvalue weighted by molar-refractivity contribution is 5.76. The highest BCUT2D eigenvalue weighted by Crippen LogP contribution is 2.09. The number of aryl methyl sites for hydroxylation is 1. The van der Waals surface area contributed by atoms with E-state index in [2.05, 4.69) is 5.32 Å². The summed E-state index contributed by atoms with van der Waals surface area (Å²) in [5.41, 5.74) is 0.932. The van der Waals surface area contributed by atoms with Gasteiger partial charge in [0.25, 0.3) is 0 Å². The number of carbonyl (C=O) groups is 2. The Labute approximate surface area is 124 Å². The maximum atomic E-state index is 12.7. The molecule has 1 aromatic carbocycles. The molecule has 0 bridgehead atoms. The van der Waals surface area contributed by atoms with E-state index in [1.165, 1.54) is 12.1 Å². The van der Waals surface area contributed by atoms with Crippen molar-refractivity contribution in [3.8, 4) is 0 Å². The predicted octanol–water partition coefficient (Wildman–Crippen LogP) is 2.77. The van der Waals surface area contributed by atoms with Gasteiger partial charge in [0.15, 0.2) is 0 Å². The fourth-order valence-corrected chi connectivity index (χ4v) is 1.97. The van der Waals surface area contributed by atoms with Gasteiger partial charge in [-0.05, 0) is 42.9 Å². The van der Waals surface area contributed by atoms with Gasteiger partial charge in [-0.15, -0.1) is 0 Å². The number of carboxylic acid groups (broad SMARTS) is 1. The van der Waals surface area contributed by atoms with Crippen LogP contribution < -0.4 is 5.32 Å². The first-order valence-corrected chi connectivity index (χ1v) is 7.20. The maximum Gasteiger partial charge on any atom is 0.303 e. The summed E-state index contributed by atoms with van der Waals surface area (Å²) in [6, 6.07) is 6.13. The average Bonchev–Trinajstić information content (AvgIpc) is 2.44. The van der Waals surface area contributed by atoms with Crippen molar-refractivity contribution in [2.75, 3.05) is 6.54 Å². The van der Waals surface area contributed by atoms with Gasteiger partial charge in [0.05, 0.1) is 0 Å². The van der Waals surface area contributed by atoms with Crippen molar-refractivity contribution in [1.29, 1.82) is 0 Å². The second-order valence-electron chi connectivity index (χ2n) is 5.30. The van der Waals surface area contributed by atoms with Gasteiger partial charge in [0.2, 0.25) is 5.91 Å². The number of hydrogen-bond donors (Lipinski definition) is 2. The molecule has 5 heteroatoms. The van der Waals surface area contributed by atoms with E-state index in [0.29, 0.717) is 25.8 Å². The first-order chi connectivity index (χ1) is 9.97. The molecule has 0 fully saturated rings. The van der Waals surface area contributed by atoms with Crippen LogP contribution in [0.3, 0.4) is 0 Å². The van der Waals surface area contributed by atoms with Crippen LogP contribution >= 0.6 is 0 Å². The Morgan fingerprint density at radius 3 is 2.48 bits per heavy atom. The molecule has 4 nitrogen and oxygen atoms in total. The lowest BCUT2D eigenvalue weighted by atomic mass is 10.0. The standard InChI is InChI=1S/C16H22FNO3/c1-12(2-9-16(20)21)10-11-18-15(19)8-5-13-3-6-14(17)7-4-13/h3-4,6-7,12H,2,5,8-11H2,1H3,(H,18,19)(H,20,21). The van der Waals surface area contributed by atoms with Crippen LogP contribution in [0.4, 0.5) is 4.39 Å². The smallest absolute Gasteiger partial charge is 0.303 e. The lowest BCUT2D eigenvalue weighted by molar-refractivity contribution is -0.137. The molecule has 1 atom stereocenters. The minimum atomic E-state index is -0.787. The maximum absolute atomic E-state index is 12.7. The van der Waals surface area contributed by atoms with E-state index in [-0.39, 0.29) is 24.1 Å². The molecule has 0 aliphatic carbocycles. The van der Waals surface area contributed by atoms with E-state index in [1.54, 1.807) is 12.1 Å². The van der Waals surface area contributed by atoms with Crippen LogP contribution in [-0.2, 0) is 16.0 Å². The number of amides is 1. The fraction of sp³-hybridized carbons (Fsp3) is 0.500. The summed E-state index contributed by atoms with van der Waals surface area (Å²) >= 11 is 0. The number of nitrogens with one attached hydrogen (secondary N) is 1. The molecule has 0 aromatic heterocycles. The van der Waals surface area contributed by atoms with Crippen LogP contribution in [0.15, 0.2) is 24.3 Å². The number of halogens is 1. The van der Waals surface area contributed by atoms with Gasteiger partial charge < -0.3 is 10.4 Å². The highest BCUT2D eigenvalue weighted by Gasteiger charge is 2.07. The normalized spacial score (nSPS) is 11.9. The van der Waals surface area contributed by atoms with Crippen molar-refractivity contribution >= 4 is 11.9 Å². The zero-order valence-corrected chi connectivity index (χ0v) is 12.3. The Hall–Kier alpha value is -1.91. The monoisotopic (exact) mass is 295 g/mol. The number of carbonyl (C=O) groups excluding carboxylic acids is 1. The third-order valence-electron chi connectivity index (χ3n) is 3.36. The molecule has 116 valence electrons. The first kappa shape index (κ1) is 17.1. The molecule has 0 aliphatic heterocycles. The number of hydrogen-bond acceptors (Lipinski definition) is 2. The van der Waals surface area contributed by atoms with Gasteiger partial charge in [0.1, 0.15) is 5.82 Å². The van der Waals surface area contributed by atoms with Crippen LogP contribution in [0.2, 0.25) is 0 Å². The predicted molar refractivity (Wildman–Crippen MR) is 78.4 cm³/mol. The van der Waals surface area contributed by atoms with Crippen molar-refractivity contribution in [1.82, 2.24) is 5.32 Å². The summed E-state index contributed by atoms with van der Waals surface area (Å²) in [6.07, 6.45) is 2.52. The molecule has 0 spiro atoms. The van der Waals surface area contributed by atoms with Crippen LogP contribution in [-0.4, -0.2) is 23.5 Å². The quantitative estimate of drug-likeness (QED) is 0.736. The van der Waals surface area contributed by atoms with E-state index in [1.807, 2.05) is 6.92 Å². The van der Waals surface area contributed by atoms with E-state index in [9.17, 15) is 14.0 Å². The van der Waals surface area contributed by atoms with Crippen LogP contribution in [0.25, 0.3) is 0 Å². The second-order valence-corrected chi connectivity index (χ2v) is 5.30. The average molecular weight is 295 g/mol. The first-order valence-electron chi connectivity index (χ1n) is 7.20. The third-order valence-corrected chi connectivity index (χ3v) is 3.36. The van der Waals surface area contributed by atoms with Crippen molar-refractivity contribution in [3.63, 3.8) is 0 Å². The summed E-state index contributed by atoms with van der Waals surface area (Å²) in [5, 5.41) is 11.4. The molecule has 0 saturated carbocycles. The lowest BCUT2D eigenvalue weighted by Crippen LogP contribution is -2.25. The Morgan fingerprint density at radius 1 is 1.19 bits per heavy atom. The summed E-state index contributed by atoms with van der Waals surface area (Å²) in [4.78, 5) is 22.1. The van der Waals surface area contributed by atoms with Crippen molar-refractivity contribution < 1.29 is 19.1 Å². The highest BCUT2D eigenvalue weighted by atomic mass is 19.1. The van der Waals surface area contributed by atoms with E-state index in [4.69, 9.17) is 5.11 Å². The minimum Gasteiger partial charge on any atom is -0.481 e. The van der Waals surface area contributed by atoms with Gasteiger partial charge in [-0.3, -0.25) is 9.59 Å². The third kappa shape index (κ3) is 8.07. The molecule has 1 unspecified atom stereocenters. The molecule has 0 saturated heterocycles. The second kappa shape index (κ2) is 9.10. The Morgan fingerprint density at radius 2 is 1.86 bits per heavy atom. The number of rotatable bonds is 9. The van der Waals surface area contributed by atoms with Crippen LogP contribution in [0.5, 0.6) is 0 Å². The molecular formula is C16H22FNO3. The molecular weight excluding hydrogens is 273 g/mol. The molecule has 1 aromatic rings. The van der Waals surface area contributed by atoms with Gasteiger partial charge in [0, 0.05) is 19.4 Å². The van der Waals surface area contributed by atoms with Crippen LogP contribution in [0.1, 0.15) is 38.2 Å². The minimum absolute atomic E-state index is 0.0373. The van der Waals surface area contributed by atoms with Gasteiger partial charge in [-0.1, -0.05) is 19.1 Å². The molecule has 0 radical (unpaired) electrons. The number of carboxylic acids is 1. The zero-order chi connectivity index (χ0) is 15.7. The van der Waals surface area contributed by atoms with Gasteiger partial charge >= 0.3 is 5.97 Å². The van der Waals surface area contributed by atoms with Crippen LogP contribution in [0, 0.1) is 11.7 Å². The molecule has 21 heavy (non-hydrogen) atoms. The molecule has 1 rings (SSSR count). The summed E-state index contributed by atoms with van der Waals surface area (Å²) < 4.78 is 12.7. The van der Waals surface area contributed by atoms with E-state index >= 15 is 0 Å². The number of benzene rings is 1. The topological polar surface area (TPSA) is 66.4 Å². The Kier molecular flexibility index (Phi) is 7.43. The van der Waals surface area contributed by atoms with Crippen molar-refractivity contribution in [2.24, 2.45) is 5.92 Å². The fourth-order valence-electron chi connectivity index (χ4n) is 1.97. The largest absolute Gasteiger partial charge is 0.481 e. The van der Waals surface area contributed by atoms with Gasteiger partial charge in [-0.25, -0.2) is 4.39 Å². The Bertz CT molecular complexity index is 459. The van der Waals surface area contributed by atoms with Crippen molar-refractivity contribution in [3.05, 3.63) is 35.6 Å². The van der Waals surface area contributed by atoms with E-state index < -0.39 is 5.97 Å². The summed E-state index contributed by atoms with van der Waals surface area (Å²) in [6.45, 7) is 2.54. The molecule has 2 N–H and O–H groups in total. The van der Waals surface area contributed by atoms with E-state index in [0.717, 1.165) is 12.0 Å². The zero-order valence-electron chi connectivity index (χ0n) is 12.3.